The highest BCUT2D eigenvalue weighted by atomic mass is 16.7. The fourth-order valence-corrected chi connectivity index (χ4v) is 11.4. The van der Waals surface area contributed by atoms with Crippen LogP contribution < -0.4 is 5.11 Å². The lowest BCUT2D eigenvalue weighted by atomic mass is 10.0. The smallest absolute Gasteiger partial charge is 0.306 e. The number of aliphatic carboxylic acids is 1. The predicted octanol–water partition coefficient (Wildman–Crippen LogP) is 23.1. The summed E-state index contributed by atoms with van der Waals surface area (Å²) in [6, 6.07) is 0. The standard InChI is InChI=1S/C81H147NO8/c1-6-8-10-12-14-16-18-20-22-24-26-28-30-32-34-36-37-38-39-40-41-42-44-45-47-49-51-53-55-57-59-61-63-65-67-69-71-78(83)88-75-77(76-89-81(80(85)86)87-74-73-82(3,4)5)90-79(84)72-70-68-66-64-62-60-58-56-54-52-50-48-46-43-35-33-31-29-27-25-23-21-19-17-15-13-11-9-7-2/h9,11,15,17,21,23,27,29,33,35,46,48,77,81H,6-8,10,12-14,16,18-20,22,24-26,28,30-32,34,36-45,47,49-76H2,1-5H3/b11-9-,17-15-,23-21-,29-27-,35-33-,48-46-. The van der Waals surface area contributed by atoms with Gasteiger partial charge in [-0.15, -0.1) is 0 Å². The summed E-state index contributed by atoms with van der Waals surface area (Å²) in [5.74, 6) is -2.27. The van der Waals surface area contributed by atoms with E-state index in [-0.39, 0.29) is 32.2 Å². The number of hydrogen-bond donors (Lipinski definition) is 0. The molecular formula is C81H147NO8. The second kappa shape index (κ2) is 71.6. The SMILES string of the molecule is CC/C=C\C/C=C\C/C=C\C/C=C\C/C=C\C/C=C\CCCCCCCCCCCCC(=O)OC(COC(=O)CCCCCCCCCCCCCCCCCCCCCCCCCCCCCCCCCCCCCC)COC(OCC[N+](C)(C)C)C(=O)[O-]. The summed E-state index contributed by atoms with van der Waals surface area (Å²) in [6.45, 7) is 4.68. The topological polar surface area (TPSA) is 111 Å². The first-order valence-electron chi connectivity index (χ1n) is 38.6. The van der Waals surface area contributed by atoms with Gasteiger partial charge < -0.3 is 33.3 Å². The molecule has 0 radical (unpaired) electrons. The fraction of sp³-hybridized carbons (Fsp3) is 0.815. The molecule has 524 valence electrons. The zero-order valence-electron chi connectivity index (χ0n) is 60.0. The van der Waals surface area contributed by atoms with Crippen molar-refractivity contribution in [2.45, 2.75) is 379 Å². The van der Waals surface area contributed by atoms with Gasteiger partial charge in [0.1, 0.15) is 13.2 Å². The molecule has 0 saturated carbocycles. The molecule has 90 heavy (non-hydrogen) atoms. The second-order valence-corrected chi connectivity index (χ2v) is 27.3. The number of hydrogen-bond acceptors (Lipinski definition) is 8. The van der Waals surface area contributed by atoms with E-state index in [9.17, 15) is 19.5 Å². The molecule has 0 heterocycles. The number of carboxylic acid groups (broad SMARTS) is 1. The molecule has 0 aromatic carbocycles. The number of likely N-dealkylation sites (N-methyl/N-ethyl adjacent to an activating group) is 1. The molecule has 0 saturated heterocycles. The van der Waals surface area contributed by atoms with Crippen molar-refractivity contribution in [3.05, 3.63) is 72.9 Å². The van der Waals surface area contributed by atoms with Crippen LogP contribution in [0, 0.1) is 0 Å². The normalized spacial score (nSPS) is 13.0. The van der Waals surface area contributed by atoms with Gasteiger partial charge in [0.15, 0.2) is 12.4 Å². The minimum Gasteiger partial charge on any atom is -0.545 e. The van der Waals surface area contributed by atoms with E-state index < -0.39 is 24.3 Å². The van der Waals surface area contributed by atoms with Gasteiger partial charge in [0, 0.05) is 12.8 Å². The summed E-state index contributed by atoms with van der Waals surface area (Å²) in [6.07, 6.45) is 93.1. The monoisotopic (exact) mass is 1260 g/mol. The van der Waals surface area contributed by atoms with E-state index >= 15 is 0 Å². The van der Waals surface area contributed by atoms with Crippen molar-refractivity contribution in [1.82, 2.24) is 0 Å². The van der Waals surface area contributed by atoms with Gasteiger partial charge in [0.25, 0.3) is 0 Å². The van der Waals surface area contributed by atoms with E-state index in [4.69, 9.17) is 18.9 Å². The van der Waals surface area contributed by atoms with Crippen molar-refractivity contribution < 1.29 is 42.9 Å². The number of carbonyl (C=O) groups excluding carboxylic acids is 3. The van der Waals surface area contributed by atoms with Gasteiger partial charge in [0.05, 0.1) is 40.3 Å². The number of quaternary nitrogens is 1. The van der Waals surface area contributed by atoms with E-state index in [1.165, 1.54) is 250 Å². The average molecular weight is 1260 g/mol. The first-order chi connectivity index (χ1) is 44.1. The molecule has 0 rings (SSSR count). The summed E-state index contributed by atoms with van der Waals surface area (Å²) >= 11 is 0. The molecule has 0 aliphatic rings. The van der Waals surface area contributed by atoms with Crippen LogP contribution in [0.25, 0.3) is 0 Å². The van der Waals surface area contributed by atoms with E-state index in [1.54, 1.807) is 0 Å². The zero-order chi connectivity index (χ0) is 65.4. The Morgan fingerprint density at radius 2 is 0.633 bits per heavy atom. The number of rotatable bonds is 72. The van der Waals surface area contributed by atoms with Crippen LogP contribution in [-0.4, -0.2) is 82.3 Å². The van der Waals surface area contributed by atoms with Crippen LogP contribution in [0.15, 0.2) is 72.9 Å². The molecule has 0 aromatic heterocycles. The Hall–Kier alpha value is -3.27. The quantitative estimate of drug-likeness (QED) is 0.0195. The lowest BCUT2D eigenvalue weighted by molar-refractivity contribution is -0.870. The number of carboxylic acids is 1. The first-order valence-corrected chi connectivity index (χ1v) is 38.6. The predicted molar refractivity (Wildman–Crippen MR) is 385 cm³/mol. The molecular weight excluding hydrogens is 1110 g/mol. The van der Waals surface area contributed by atoms with Crippen molar-refractivity contribution in [3.8, 4) is 0 Å². The van der Waals surface area contributed by atoms with Crippen molar-refractivity contribution in [3.63, 3.8) is 0 Å². The molecule has 0 aromatic rings. The maximum absolute atomic E-state index is 13.0. The Morgan fingerprint density at radius 3 is 0.944 bits per heavy atom. The fourth-order valence-electron chi connectivity index (χ4n) is 11.4. The van der Waals surface area contributed by atoms with E-state index in [2.05, 4.69) is 86.8 Å². The van der Waals surface area contributed by atoms with Gasteiger partial charge >= 0.3 is 11.9 Å². The Kier molecular flexibility index (Phi) is 69.0. The van der Waals surface area contributed by atoms with Crippen LogP contribution >= 0.6 is 0 Å². The largest absolute Gasteiger partial charge is 0.545 e. The Morgan fingerprint density at radius 1 is 0.344 bits per heavy atom. The average Bonchev–Trinajstić information content (AvgIpc) is 3.74. The van der Waals surface area contributed by atoms with Gasteiger partial charge in [-0.25, -0.2) is 0 Å². The summed E-state index contributed by atoms with van der Waals surface area (Å²) in [7, 11) is 5.94. The third kappa shape index (κ3) is 72.2. The maximum Gasteiger partial charge on any atom is 0.306 e. The summed E-state index contributed by atoms with van der Waals surface area (Å²) in [5, 5.41) is 11.8. The highest BCUT2D eigenvalue weighted by Gasteiger charge is 2.22. The number of carbonyl (C=O) groups is 3. The van der Waals surface area contributed by atoms with Crippen LogP contribution in [-0.2, 0) is 33.3 Å². The molecule has 9 heteroatoms. The lowest BCUT2D eigenvalue weighted by Gasteiger charge is -2.26. The maximum atomic E-state index is 13.0. The first kappa shape index (κ1) is 86.7. The molecule has 2 unspecified atom stereocenters. The molecule has 0 aliphatic carbocycles. The Bertz CT molecular complexity index is 1710. The summed E-state index contributed by atoms with van der Waals surface area (Å²) in [4.78, 5) is 37.6. The van der Waals surface area contributed by atoms with E-state index in [1.807, 2.05) is 21.1 Å². The zero-order valence-corrected chi connectivity index (χ0v) is 60.0. The van der Waals surface area contributed by atoms with Crippen LogP contribution in [0.2, 0.25) is 0 Å². The minimum absolute atomic E-state index is 0.146. The van der Waals surface area contributed by atoms with Crippen molar-refractivity contribution in [2.75, 3.05) is 47.5 Å². The van der Waals surface area contributed by atoms with Gasteiger partial charge in [-0.05, 0) is 64.2 Å². The highest BCUT2D eigenvalue weighted by Crippen LogP contribution is 2.19. The molecule has 0 bridgehead atoms. The van der Waals surface area contributed by atoms with Crippen molar-refractivity contribution in [2.24, 2.45) is 0 Å². The van der Waals surface area contributed by atoms with Crippen molar-refractivity contribution in [1.29, 1.82) is 0 Å². The van der Waals surface area contributed by atoms with Gasteiger partial charge in [0.2, 0.25) is 0 Å². The van der Waals surface area contributed by atoms with Crippen molar-refractivity contribution >= 4 is 17.9 Å². The molecule has 0 spiro atoms. The Labute approximate surface area is 557 Å². The lowest BCUT2D eigenvalue weighted by Crippen LogP contribution is -2.44. The van der Waals surface area contributed by atoms with Crippen LogP contribution in [0.3, 0.4) is 0 Å². The number of esters is 2. The highest BCUT2D eigenvalue weighted by molar-refractivity contribution is 5.70. The van der Waals surface area contributed by atoms with Gasteiger partial charge in [-0.1, -0.05) is 363 Å². The number of allylic oxidation sites excluding steroid dienone is 12. The third-order valence-electron chi connectivity index (χ3n) is 17.2. The van der Waals surface area contributed by atoms with Crippen LogP contribution in [0.5, 0.6) is 0 Å². The van der Waals surface area contributed by atoms with Crippen LogP contribution in [0.4, 0.5) is 0 Å². The van der Waals surface area contributed by atoms with Gasteiger partial charge in [-0.3, -0.25) is 9.59 Å². The molecule has 0 amide bonds. The molecule has 0 fully saturated rings. The summed E-state index contributed by atoms with van der Waals surface area (Å²) < 4.78 is 22.8. The molecule has 9 nitrogen and oxygen atoms in total. The second-order valence-electron chi connectivity index (χ2n) is 27.3. The van der Waals surface area contributed by atoms with E-state index in [0.717, 1.165) is 83.5 Å². The number of nitrogens with zero attached hydrogens (tertiary/aromatic N) is 1. The summed E-state index contributed by atoms with van der Waals surface area (Å²) in [5.41, 5.74) is 0. The minimum atomic E-state index is -1.63. The Balaban J connectivity index is 4.02. The molecule has 0 aliphatic heterocycles. The molecule has 2 atom stereocenters. The van der Waals surface area contributed by atoms with E-state index in [0.29, 0.717) is 23.9 Å². The van der Waals surface area contributed by atoms with Crippen LogP contribution in [0.1, 0.15) is 367 Å². The number of ether oxygens (including phenoxy) is 4. The third-order valence-corrected chi connectivity index (χ3v) is 17.2. The number of unbranched alkanes of at least 4 members (excludes halogenated alkanes) is 45. The molecule has 0 N–H and O–H groups in total. The van der Waals surface area contributed by atoms with Gasteiger partial charge in [-0.2, -0.15) is 0 Å².